The monoisotopic (exact) mass is 271 g/mol. The van der Waals surface area contributed by atoms with Crippen LogP contribution in [-0.2, 0) is 4.79 Å². The van der Waals surface area contributed by atoms with Crippen LogP contribution in [-0.4, -0.2) is 63.1 Å². The Bertz CT molecular complexity index is 294. The van der Waals surface area contributed by atoms with Crippen molar-refractivity contribution < 1.29 is 4.79 Å². The number of rotatable bonds is 6. The molecule has 0 aliphatic heterocycles. The van der Waals surface area contributed by atoms with Gasteiger partial charge in [-0.05, 0) is 47.8 Å². The summed E-state index contributed by atoms with van der Waals surface area (Å²) in [5.41, 5.74) is -0.207. The molecule has 1 amide bonds. The average Bonchev–Trinajstić information content (AvgIpc) is 2.25. The Morgan fingerprint density at radius 2 is 1.84 bits per heavy atom. The van der Waals surface area contributed by atoms with Gasteiger partial charge in [0.15, 0.2) is 5.96 Å². The molecule has 0 fully saturated rings. The molecule has 0 heterocycles. The third-order valence-corrected chi connectivity index (χ3v) is 2.23. The number of nitrogens with zero attached hydrogens (tertiary/aromatic N) is 2. The number of hydrogen-bond acceptors (Lipinski definition) is 3. The second-order valence-corrected chi connectivity index (χ2v) is 5.81. The van der Waals surface area contributed by atoms with Crippen LogP contribution in [0.3, 0.4) is 0 Å². The molecule has 3 N–H and O–H groups in total. The summed E-state index contributed by atoms with van der Waals surface area (Å²) in [6.07, 6.45) is 1.03. The van der Waals surface area contributed by atoms with Crippen molar-refractivity contribution in [3.05, 3.63) is 0 Å². The highest BCUT2D eigenvalue weighted by atomic mass is 16.2. The largest absolute Gasteiger partial charge is 0.356 e. The second kappa shape index (κ2) is 8.74. The lowest BCUT2D eigenvalue weighted by molar-refractivity contribution is -0.121. The number of amides is 1. The highest BCUT2D eigenvalue weighted by molar-refractivity contribution is 5.86. The van der Waals surface area contributed by atoms with Crippen LogP contribution in [0.15, 0.2) is 4.99 Å². The van der Waals surface area contributed by atoms with Crippen molar-refractivity contribution in [3.63, 3.8) is 0 Å². The van der Waals surface area contributed by atoms with Crippen LogP contribution in [0.25, 0.3) is 0 Å². The summed E-state index contributed by atoms with van der Waals surface area (Å²) in [4.78, 5) is 17.8. The molecule has 0 saturated carbocycles. The molecule has 0 atom stereocenters. The van der Waals surface area contributed by atoms with Gasteiger partial charge >= 0.3 is 0 Å². The van der Waals surface area contributed by atoms with Crippen molar-refractivity contribution in [1.29, 1.82) is 0 Å². The van der Waals surface area contributed by atoms with Crippen LogP contribution in [0.2, 0.25) is 0 Å². The Morgan fingerprint density at radius 1 is 1.21 bits per heavy atom. The lowest BCUT2D eigenvalue weighted by Gasteiger charge is -2.21. The van der Waals surface area contributed by atoms with Crippen molar-refractivity contribution >= 4 is 11.9 Å². The number of carbonyl (C=O) groups is 1. The highest BCUT2D eigenvalue weighted by Crippen LogP contribution is 1.96. The minimum Gasteiger partial charge on any atom is -0.356 e. The van der Waals surface area contributed by atoms with Gasteiger partial charge < -0.3 is 20.9 Å². The van der Waals surface area contributed by atoms with Crippen molar-refractivity contribution in [2.45, 2.75) is 32.7 Å². The number of carbonyl (C=O) groups excluding carboxylic acids is 1. The molecule has 0 rings (SSSR count). The molecule has 0 bridgehead atoms. The fourth-order valence-electron chi connectivity index (χ4n) is 1.45. The van der Waals surface area contributed by atoms with E-state index in [0.717, 1.165) is 19.5 Å². The molecule has 0 aromatic heterocycles. The van der Waals surface area contributed by atoms with E-state index in [1.54, 1.807) is 7.05 Å². The molecule has 6 heteroatoms. The average molecular weight is 271 g/mol. The van der Waals surface area contributed by atoms with Gasteiger partial charge in [-0.25, -0.2) is 0 Å². The van der Waals surface area contributed by atoms with Gasteiger partial charge in [0, 0.05) is 19.1 Å². The summed E-state index contributed by atoms with van der Waals surface area (Å²) in [5, 5.41) is 9.06. The van der Waals surface area contributed by atoms with Crippen LogP contribution >= 0.6 is 0 Å². The molecule has 6 nitrogen and oxygen atoms in total. The predicted molar refractivity (Wildman–Crippen MR) is 80.4 cm³/mol. The molecule has 0 aromatic carbocycles. The molecule has 0 aliphatic carbocycles. The quantitative estimate of drug-likeness (QED) is 0.362. The van der Waals surface area contributed by atoms with E-state index in [4.69, 9.17) is 0 Å². The molecule has 0 saturated heterocycles. The first-order valence-electron chi connectivity index (χ1n) is 6.65. The summed E-state index contributed by atoms with van der Waals surface area (Å²) in [7, 11) is 5.79. The van der Waals surface area contributed by atoms with Crippen LogP contribution in [0.1, 0.15) is 27.2 Å². The Morgan fingerprint density at radius 3 is 2.32 bits per heavy atom. The maximum absolute atomic E-state index is 11.6. The Hall–Kier alpha value is -1.30. The molecule has 0 aromatic rings. The van der Waals surface area contributed by atoms with Gasteiger partial charge in [0.25, 0.3) is 0 Å². The first-order valence-corrected chi connectivity index (χ1v) is 6.65. The fraction of sp³-hybridized carbons (Fsp3) is 0.846. The fourth-order valence-corrected chi connectivity index (χ4v) is 1.45. The first-order chi connectivity index (χ1) is 8.74. The Labute approximate surface area is 117 Å². The zero-order valence-electron chi connectivity index (χ0n) is 13.1. The molecule has 0 unspecified atom stereocenters. The third-order valence-electron chi connectivity index (χ3n) is 2.23. The number of aliphatic imine (C=N–C) groups is 1. The van der Waals surface area contributed by atoms with E-state index >= 15 is 0 Å². The number of guanidine groups is 1. The van der Waals surface area contributed by atoms with Crippen LogP contribution in [0.4, 0.5) is 0 Å². The first kappa shape index (κ1) is 17.7. The topological polar surface area (TPSA) is 68.8 Å². The SMILES string of the molecule is CN=C(NCCCN(C)C)NCC(=O)NC(C)(C)C. The molecule has 0 aliphatic rings. The summed E-state index contributed by atoms with van der Waals surface area (Å²) in [5.74, 6) is 0.617. The summed E-state index contributed by atoms with van der Waals surface area (Å²) < 4.78 is 0. The van der Waals surface area contributed by atoms with Crippen LogP contribution in [0, 0.1) is 0 Å². The van der Waals surface area contributed by atoms with Crippen molar-refractivity contribution in [3.8, 4) is 0 Å². The third kappa shape index (κ3) is 11.5. The summed E-state index contributed by atoms with van der Waals surface area (Å²) in [6.45, 7) is 7.95. The van der Waals surface area contributed by atoms with E-state index in [0.29, 0.717) is 5.96 Å². The van der Waals surface area contributed by atoms with E-state index in [9.17, 15) is 4.79 Å². The van der Waals surface area contributed by atoms with E-state index in [-0.39, 0.29) is 18.0 Å². The van der Waals surface area contributed by atoms with Crippen LogP contribution < -0.4 is 16.0 Å². The molecular formula is C13H29N5O. The molecule has 0 radical (unpaired) electrons. The van der Waals surface area contributed by atoms with Crippen molar-refractivity contribution in [1.82, 2.24) is 20.9 Å². The maximum Gasteiger partial charge on any atom is 0.239 e. The predicted octanol–water partition coefficient (Wildman–Crippen LogP) is 0.0178. The number of nitrogens with one attached hydrogen (secondary N) is 3. The highest BCUT2D eigenvalue weighted by Gasteiger charge is 2.13. The zero-order chi connectivity index (χ0) is 14.9. The standard InChI is InChI=1S/C13H29N5O/c1-13(2,3)17-11(19)10-16-12(14-4)15-8-7-9-18(5)6/h7-10H2,1-6H3,(H,17,19)(H2,14,15,16). The van der Waals surface area contributed by atoms with Gasteiger partial charge in [-0.2, -0.15) is 0 Å². The molecular weight excluding hydrogens is 242 g/mol. The maximum atomic E-state index is 11.6. The smallest absolute Gasteiger partial charge is 0.239 e. The van der Waals surface area contributed by atoms with E-state index in [1.165, 1.54) is 0 Å². The van der Waals surface area contributed by atoms with Gasteiger partial charge in [0.2, 0.25) is 5.91 Å². The molecule has 0 spiro atoms. The van der Waals surface area contributed by atoms with Gasteiger partial charge in [0.1, 0.15) is 0 Å². The van der Waals surface area contributed by atoms with E-state index < -0.39 is 0 Å². The van der Waals surface area contributed by atoms with Crippen molar-refractivity contribution in [2.75, 3.05) is 40.8 Å². The lowest BCUT2D eigenvalue weighted by Crippen LogP contribution is -2.48. The van der Waals surface area contributed by atoms with Crippen molar-refractivity contribution in [2.24, 2.45) is 4.99 Å². The Kier molecular flexibility index (Phi) is 8.14. The molecule has 112 valence electrons. The van der Waals surface area contributed by atoms with Crippen LogP contribution in [0.5, 0.6) is 0 Å². The Balaban J connectivity index is 3.86. The second-order valence-electron chi connectivity index (χ2n) is 5.81. The van der Waals surface area contributed by atoms with Gasteiger partial charge in [0.05, 0.1) is 6.54 Å². The zero-order valence-corrected chi connectivity index (χ0v) is 13.1. The van der Waals surface area contributed by atoms with Gasteiger partial charge in [-0.1, -0.05) is 0 Å². The minimum atomic E-state index is -0.207. The van der Waals surface area contributed by atoms with E-state index in [1.807, 2.05) is 34.9 Å². The van der Waals surface area contributed by atoms with Gasteiger partial charge in [-0.3, -0.25) is 9.79 Å². The molecule has 19 heavy (non-hydrogen) atoms. The van der Waals surface area contributed by atoms with Gasteiger partial charge in [-0.15, -0.1) is 0 Å². The summed E-state index contributed by atoms with van der Waals surface area (Å²) >= 11 is 0. The number of hydrogen-bond donors (Lipinski definition) is 3. The minimum absolute atomic E-state index is 0.0382. The lowest BCUT2D eigenvalue weighted by atomic mass is 10.1. The summed E-state index contributed by atoms with van der Waals surface area (Å²) in [6, 6.07) is 0. The van der Waals surface area contributed by atoms with E-state index in [2.05, 4.69) is 25.8 Å². The normalized spacial score (nSPS) is 12.5.